The van der Waals surface area contributed by atoms with Crippen molar-refractivity contribution < 1.29 is 9.59 Å². The Morgan fingerprint density at radius 3 is 2.18 bits per heavy atom. The van der Waals surface area contributed by atoms with E-state index in [1.165, 1.54) is 0 Å². The molecular weight excluding hydrogens is 422 g/mol. The molecular formula is C29H31N3O2. The number of nitrogens with one attached hydrogen (secondary N) is 1. The van der Waals surface area contributed by atoms with E-state index in [0.717, 1.165) is 27.7 Å². The van der Waals surface area contributed by atoms with Gasteiger partial charge in [0.1, 0.15) is 6.04 Å². The Bertz CT molecular complexity index is 1260. The van der Waals surface area contributed by atoms with Crippen molar-refractivity contribution in [1.29, 1.82) is 0 Å². The number of nitrogens with zero attached hydrogens (tertiary/aromatic N) is 2. The SMILES string of the molecule is CC(C)n1cc(CC(=O)N[C@@H](Cc2ccccc2)C(=O)N(C)c2ccccc2)c2ccccc21. The highest BCUT2D eigenvalue weighted by Gasteiger charge is 2.26. The van der Waals surface area contributed by atoms with Crippen LogP contribution in [-0.2, 0) is 22.4 Å². The third kappa shape index (κ3) is 5.20. The Balaban J connectivity index is 1.57. The number of para-hydroxylation sites is 2. The van der Waals surface area contributed by atoms with E-state index < -0.39 is 6.04 Å². The lowest BCUT2D eigenvalue weighted by Crippen LogP contribution is -2.49. The highest BCUT2D eigenvalue weighted by Crippen LogP contribution is 2.25. The van der Waals surface area contributed by atoms with E-state index in [1.54, 1.807) is 11.9 Å². The van der Waals surface area contributed by atoms with Gasteiger partial charge in [0.15, 0.2) is 0 Å². The number of aromatic nitrogens is 1. The fraction of sp³-hybridized carbons (Fsp3) is 0.241. The summed E-state index contributed by atoms with van der Waals surface area (Å²) in [5, 5.41) is 4.10. The van der Waals surface area contributed by atoms with Gasteiger partial charge in [0.25, 0.3) is 0 Å². The number of anilines is 1. The molecule has 0 spiro atoms. The van der Waals surface area contributed by atoms with Crippen molar-refractivity contribution in [2.24, 2.45) is 0 Å². The predicted octanol–water partition coefficient (Wildman–Crippen LogP) is 5.16. The lowest BCUT2D eigenvalue weighted by atomic mass is 10.0. The molecule has 0 radical (unpaired) electrons. The monoisotopic (exact) mass is 453 g/mol. The third-order valence-corrected chi connectivity index (χ3v) is 6.12. The van der Waals surface area contributed by atoms with Crippen LogP contribution >= 0.6 is 0 Å². The second kappa shape index (κ2) is 10.4. The first-order valence-electron chi connectivity index (χ1n) is 11.7. The molecule has 0 saturated heterocycles. The molecule has 5 nitrogen and oxygen atoms in total. The van der Waals surface area contributed by atoms with Crippen LogP contribution in [0.1, 0.15) is 31.0 Å². The minimum atomic E-state index is -0.668. The van der Waals surface area contributed by atoms with Crippen molar-refractivity contribution >= 4 is 28.4 Å². The fourth-order valence-electron chi connectivity index (χ4n) is 4.33. The average Bonchev–Trinajstić information content (AvgIpc) is 3.22. The van der Waals surface area contributed by atoms with Crippen LogP contribution in [0.3, 0.4) is 0 Å². The Labute approximate surface area is 201 Å². The standard InChI is InChI=1S/C29H31N3O2/c1-21(2)32-20-23(25-16-10-11-17-27(25)32)19-28(33)30-26(18-22-12-6-4-7-13-22)29(34)31(3)24-14-8-5-9-15-24/h4-17,20-21,26H,18-19H2,1-3H3,(H,30,33)/t26-/m0/s1. The van der Waals surface area contributed by atoms with Crippen molar-refractivity contribution in [2.45, 2.75) is 38.8 Å². The zero-order valence-corrected chi connectivity index (χ0v) is 19.9. The van der Waals surface area contributed by atoms with Crippen molar-refractivity contribution in [3.05, 3.63) is 102 Å². The number of benzene rings is 3. The summed E-state index contributed by atoms with van der Waals surface area (Å²) in [7, 11) is 1.75. The summed E-state index contributed by atoms with van der Waals surface area (Å²) < 4.78 is 2.19. The van der Waals surface area contributed by atoms with Crippen LogP contribution in [0.5, 0.6) is 0 Å². The molecule has 0 unspecified atom stereocenters. The van der Waals surface area contributed by atoms with Crippen LogP contribution in [0.4, 0.5) is 5.69 Å². The number of hydrogen-bond acceptors (Lipinski definition) is 2. The Morgan fingerprint density at radius 1 is 0.882 bits per heavy atom. The fourth-order valence-corrected chi connectivity index (χ4v) is 4.33. The van der Waals surface area contributed by atoms with Crippen molar-refractivity contribution in [1.82, 2.24) is 9.88 Å². The molecule has 5 heteroatoms. The Hall–Kier alpha value is -3.86. The van der Waals surface area contributed by atoms with Gasteiger partial charge in [-0.3, -0.25) is 9.59 Å². The number of fused-ring (bicyclic) bond motifs is 1. The summed E-state index contributed by atoms with van der Waals surface area (Å²) >= 11 is 0. The third-order valence-electron chi connectivity index (χ3n) is 6.12. The van der Waals surface area contributed by atoms with E-state index in [4.69, 9.17) is 0 Å². The number of likely N-dealkylation sites (N-methyl/N-ethyl adjacent to an activating group) is 1. The molecule has 0 bridgehead atoms. The molecule has 1 heterocycles. The molecule has 0 fully saturated rings. The van der Waals surface area contributed by atoms with Gasteiger partial charge in [-0.1, -0.05) is 66.7 Å². The zero-order chi connectivity index (χ0) is 24.1. The largest absolute Gasteiger partial charge is 0.345 e. The first-order chi connectivity index (χ1) is 16.4. The van der Waals surface area contributed by atoms with Gasteiger partial charge in [0, 0.05) is 42.3 Å². The van der Waals surface area contributed by atoms with E-state index >= 15 is 0 Å². The summed E-state index contributed by atoms with van der Waals surface area (Å²) in [6.45, 7) is 4.26. The second-order valence-electron chi connectivity index (χ2n) is 8.89. The lowest BCUT2D eigenvalue weighted by molar-refractivity contribution is -0.127. The molecule has 1 atom stereocenters. The summed E-state index contributed by atoms with van der Waals surface area (Å²) in [5.74, 6) is -0.310. The van der Waals surface area contributed by atoms with E-state index in [2.05, 4.69) is 36.0 Å². The van der Waals surface area contributed by atoms with E-state index in [0.29, 0.717) is 6.42 Å². The van der Waals surface area contributed by atoms with Crippen molar-refractivity contribution in [3.8, 4) is 0 Å². The minimum Gasteiger partial charge on any atom is -0.345 e. The maximum Gasteiger partial charge on any atom is 0.249 e. The molecule has 0 aliphatic rings. The average molecular weight is 454 g/mol. The van der Waals surface area contributed by atoms with Crippen LogP contribution in [-0.4, -0.2) is 29.5 Å². The van der Waals surface area contributed by atoms with Crippen LogP contribution in [0, 0.1) is 0 Å². The van der Waals surface area contributed by atoms with Gasteiger partial charge in [-0.15, -0.1) is 0 Å². The van der Waals surface area contributed by atoms with E-state index in [-0.39, 0.29) is 24.3 Å². The molecule has 34 heavy (non-hydrogen) atoms. The van der Waals surface area contributed by atoms with E-state index in [1.807, 2.05) is 78.9 Å². The summed E-state index contributed by atoms with van der Waals surface area (Å²) in [5.41, 5.74) is 3.86. The minimum absolute atomic E-state index is 0.145. The highest BCUT2D eigenvalue weighted by molar-refractivity contribution is 5.99. The zero-order valence-electron chi connectivity index (χ0n) is 19.9. The Kier molecular flexibility index (Phi) is 7.12. The van der Waals surface area contributed by atoms with Crippen LogP contribution in [0.25, 0.3) is 10.9 Å². The van der Waals surface area contributed by atoms with Crippen LogP contribution in [0.15, 0.2) is 91.1 Å². The predicted molar refractivity (Wildman–Crippen MR) is 138 cm³/mol. The molecule has 0 aliphatic carbocycles. The molecule has 4 aromatic rings. The molecule has 1 N–H and O–H groups in total. The van der Waals surface area contributed by atoms with E-state index in [9.17, 15) is 9.59 Å². The first-order valence-corrected chi connectivity index (χ1v) is 11.7. The van der Waals surface area contributed by atoms with Gasteiger partial charge in [0.05, 0.1) is 6.42 Å². The molecule has 4 rings (SSSR count). The molecule has 174 valence electrons. The van der Waals surface area contributed by atoms with Crippen LogP contribution < -0.4 is 10.2 Å². The molecule has 3 aromatic carbocycles. The second-order valence-corrected chi connectivity index (χ2v) is 8.89. The molecule has 1 aromatic heterocycles. The van der Waals surface area contributed by atoms with Gasteiger partial charge < -0.3 is 14.8 Å². The number of carbonyl (C=O) groups excluding carboxylic acids is 2. The smallest absolute Gasteiger partial charge is 0.249 e. The van der Waals surface area contributed by atoms with Gasteiger partial charge in [0.2, 0.25) is 11.8 Å². The Morgan fingerprint density at radius 2 is 1.50 bits per heavy atom. The summed E-state index contributed by atoms with van der Waals surface area (Å²) in [4.78, 5) is 28.3. The maximum atomic E-state index is 13.4. The molecule has 0 aliphatic heterocycles. The molecule has 0 saturated carbocycles. The van der Waals surface area contributed by atoms with Gasteiger partial charge in [-0.2, -0.15) is 0 Å². The number of rotatable bonds is 8. The van der Waals surface area contributed by atoms with Crippen LogP contribution in [0.2, 0.25) is 0 Å². The van der Waals surface area contributed by atoms with Crippen molar-refractivity contribution in [3.63, 3.8) is 0 Å². The highest BCUT2D eigenvalue weighted by atomic mass is 16.2. The summed E-state index contributed by atoms with van der Waals surface area (Å²) in [6.07, 6.45) is 2.70. The first kappa shape index (κ1) is 23.3. The van der Waals surface area contributed by atoms with Crippen molar-refractivity contribution in [2.75, 3.05) is 11.9 Å². The maximum absolute atomic E-state index is 13.4. The topological polar surface area (TPSA) is 54.3 Å². The van der Waals surface area contributed by atoms with Gasteiger partial charge in [-0.05, 0) is 43.2 Å². The molecule has 2 amide bonds. The summed E-state index contributed by atoms with van der Waals surface area (Å²) in [6, 6.07) is 27.0. The van der Waals surface area contributed by atoms with Gasteiger partial charge in [-0.25, -0.2) is 0 Å². The number of amides is 2. The normalized spacial score (nSPS) is 12.0. The number of hydrogen-bond donors (Lipinski definition) is 1. The van der Waals surface area contributed by atoms with Gasteiger partial charge >= 0.3 is 0 Å². The quantitative estimate of drug-likeness (QED) is 0.401. The lowest BCUT2D eigenvalue weighted by Gasteiger charge is -2.25. The number of carbonyl (C=O) groups is 2.